The van der Waals surface area contributed by atoms with Crippen LogP contribution in [0.1, 0.15) is 27.0 Å². The molecule has 1 amide bonds. The molecule has 0 atom stereocenters. The van der Waals surface area contributed by atoms with Crippen molar-refractivity contribution in [2.45, 2.75) is 20.8 Å². The highest BCUT2D eigenvalue weighted by atomic mass is 79.9. The Kier molecular flexibility index (Phi) is 4.66. The molecule has 0 aromatic heterocycles. The lowest BCUT2D eigenvalue weighted by molar-refractivity contribution is 0.102. The number of hydrogen-bond acceptors (Lipinski definition) is 1. The maximum atomic E-state index is 12.2. The van der Waals surface area contributed by atoms with E-state index in [0.29, 0.717) is 5.56 Å². The van der Waals surface area contributed by atoms with Crippen molar-refractivity contribution in [3.8, 4) is 0 Å². The van der Waals surface area contributed by atoms with Crippen LogP contribution in [0.3, 0.4) is 0 Å². The molecule has 0 fully saturated rings. The molecule has 2 aromatic rings. The van der Waals surface area contributed by atoms with Gasteiger partial charge < -0.3 is 5.32 Å². The van der Waals surface area contributed by atoms with Gasteiger partial charge >= 0.3 is 0 Å². The molecule has 2 rings (SSSR count). The predicted molar refractivity (Wildman–Crippen MR) is 90.4 cm³/mol. The van der Waals surface area contributed by atoms with Crippen molar-refractivity contribution in [1.82, 2.24) is 0 Å². The zero-order chi connectivity index (χ0) is 14.9. The zero-order valence-electron chi connectivity index (χ0n) is 11.6. The van der Waals surface area contributed by atoms with Crippen LogP contribution in [0.5, 0.6) is 0 Å². The van der Waals surface area contributed by atoms with Gasteiger partial charge in [-0.25, -0.2) is 0 Å². The van der Waals surface area contributed by atoms with Gasteiger partial charge in [-0.2, -0.15) is 0 Å². The van der Waals surface area contributed by atoms with Crippen LogP contribution in [-0.2, 0) is 0 Å². The van der Waals surface area contributed by atoms with Crippen molar-refractivity contribution in [3.63, 3.8) is 0 Å². The number of rotatable bonds is 2. The number of halogens is 2. The first-order valence-electron chi connectivity index (χ1n) is 6.22. The highest BCUT2D eigenvalue weighted by Crippen LogP contribution is 2.25. The molecular weight excluding hydrogens is 382 g/mol. The van der Waals surface area contributed by atoms with Gasteiger partial charge in [0.05, 0.1) is 0 Å². The summed E-state index contributed by atoms with van der Waals surface area (Å²) in [5, 5.41) is 2.94. The van der Waals surface area contributed by atoms with E-state index in [9.17, 15) is 4.79 Å². The van der Waals surface area contributed by atoms with Crippen LogP contribution in [0.25, 0.3) is 0 Å². The van der Waals surface area contributed by atoms with Gasteiger partial charge in [0.25, 0.3) is 5.91 Å². The number of carbonyl (C=O) groups is 1. The number of benzene rings is 2. The van der Waals surface area contributed by atoms with Gasteiger partial charge in [0.15, 0.2) is 0 Å². The second kappa shape index (κ2) is 6.10. The Morgan fingerprint density at radius 1 is 0.950 bits per heavy atom. The largest absolute Gasteiger partial charge is 0.322 e. The lowest BCUT2D eigenvalue weighted by Crippen LogP contribution is -2.12. The zero-order valence-corrected chi connectivity index (χ0v) is 14.7. The smallest absolute Gasteiger partial charge is 0.255 e. The van der Waals surface area contributed by atoms with Gasteiger partial charge in [-0.15, -0.1) is 0 Å². The Hall–Kier alpha value is -1.13. The molecule has 20 heavy (non-hydrogen) atoms. The van der Waals surface area contributed by atoms with E-state index in [1.54, 1.807) is 0 Å². The van der Waals surface area contributed by atoms with Crippen LogP contribution in [0.15, 0.2) is 39.3 Å². The minimum Gasteiger partial charge on any atom is -0.322 e. The van der Waals surface area contributed by atoms with E-state index in [4.69, 9.17) is 0 Å². The van der Waals surface area contributed by atoms with Crippen molar-refractivity contribution < 1.29 is 4.79 Å². The summed E-state index contributed by atoms with van der Waals surface area (Å²) in [5.41, 5.74) is 4.72. The van der Waals surface area contributed by atoms with Crippen molar-refractivity contribution >= 4 is 43.5 Å². The standard InChI is InChI=1S/C16H15Br2NO/c1-9-6-12(4-5-14(9)17)16(20)19-13-7-10(2)15(18)11(3)8-13/h4-8H,1-3H3,(H,19,20). The summed E-state index contributed by atoms with van der Waals surface area (Å²) in [6, 6.07) is 9.49. The topological polar surface area (TPSA) is 29.1 Å². The maximum absolute atomic E-state index is 12.2. The minimum absolute atomic E-state index is 0.0956. The Bertz CT molecular complexity index is 657. The number of carbonyl (C=O) groups excluding carboxylic acids is 1. The van der Waals surface area contributed by atoms with E-state index in [1.807, 2.05) is 51.1 Å². The Morgan fingerprint density at radius 3 is 2.10 bits per heavy atom. The van der Waals surface area contributed by atoms with Gasteiger partial charge in [-0.1, -0.05) is 31.9 Å². The first-order chi connectivity index (χ1) is 9.38. The fourth-order valence-corrected chi connectivity index (χ4v) is 2.48. The molecule has 2 aromatic carbocycles. The van der Waals surface area contributed by atoms with Crippen molar-refractivity contribution in [1.29, 1.82) is 0 Å². The molecule has 0 aliphatic carbocycles. The number of anilines is 1. The van der Waals surface area contributed by atoms with Crippen LogP contribution in [0.4, 0.5) is 5.69 Å². The fraction of sp³-hybridized carbons (Fsp3) is 0.188. The highest BCUT2D eigenvalue weighted by molar-refractivity contribution is 9.10. The minimum atomic E-state index is -0.0956. The summed E-state index contributed by atoms with van der Waals surface area (Å²) in [6.45, 7) is 5.99. The summed E-state index contributed by atoms with van der Waals surface area (Å²) in [5.74, 6) is -0.0956. The van der Waals surface area contributed by atoms with Gasteiger partial charge in [0.2, 0.25) is 0 Å². The number of hydrogen-bond donors (Lipinski definition) is 1. The molecule has 0 spiro atoms. The molecule has 0 heterocycles. The van der Waals surface area contributed by atoms with E-state index in [2.05, 4.69) is 37.2 Å². The van der Waals surface area contributed by atoms with E-state index < -0.39 is 0 Å². The van der Waals surface area contributed by atoms with Crippen molar-refractivity contribution in [2.24, 2.45) is 0 Å². The van der Waals surface area contributed by atoms with Crippen molar-refractivity contribution in [2.75, 3.05) is 5.32 Å². The van der Waals surface area contributed by atoms with E-state index in [0.717, 1.165) is 31.3 Å². The van der Waals surface area contributed by atoms with Crippen LogP contribution >= 0.6 is 31.9 Å². The Morgan fingerprint density at radius 2 is 1.55 bits per heavy atom. The van der Waals surface area contributed by atoms with E-state index >= 15 is 0 Å². The Balaban J connectivity index is 2.25. The summed E-state index contributed by atoms with van der Waals surface area (Å²) in [7, 11) is 0. The van der Waals surface area contributed by atoms with Gasteiger partial charge in [-0.05, 0) is 67.8 Å². The molecule has 1 N–H and O–H groups in total. The van der Waals surface area contributed by atoms with Crippen LogP contribution < -0.4 is 5.32 Å². The quantitative estimate of drug-likeness (QED) is 0.724. The average molecular weight is 397 g/mol. The third-order valence-corrected chi connectivity index (χ3v) is 5.26. The molecule has 0 saturated heterocycles. The summed E-state index contributed by atoms with van der Waals surface area (Å²) < 4.78 is 2.08. The maximum Gasteiger partial charge on any atom is 0.255 e. The van der Waals surface area contributed by atoms with Crippen molar-refractivity contribution in [3.05, 3.63) is 61.5 Å². The molecule has 0 aliphatic rings. The number of nitrogens with one attached hydrogen (secondary N) is 1. The second-order valence-electron chi connectivity index (χ2n) is 4.84. The molecular formula is C16H15Br2NO. The van der Waals surface area contributed by atoms with Crippen LogP contribution in [-0.4, -0.2) is 5.91 Å². The highest BCUT2D eigenvalue weighted by Gasteiger charge is 2.09. The van der Waals surface area contributed by atoms with Crippen LogP contribution in [0, 0.1) is 20.8 Å². The molecule has 0 unspecified atom stereocenters. The first-order valence-corrected chi connectivity index (χ1v) is 7.81. The molecule has 0 radical (unpaired) electrons. The molecule has 2 nitrogen and oxygen atoms in total. The monoisotopic (exact) mass is 395 g/mol. The predicted octanol–water partition coefficient (Wildman–Crippen LogP) is 5.39. The molecule has 104 valence electrons. The lowest BCUT2D eigenvalue weighted by atomic mass is 10.1. The number of amides is 1. The fourth-order valence-electron chi connectivity index (χ4n) is 2.01. The van der Waals surface area contributed by atoms with E-state index in [-0.39, 0.29) is 5.91 Å². The normalized spacial score (nSPS) is 10.4. The summed E-state index contributed by atoms with van der Waals surface area (Å²) >= 11 is 6.96. The molecule has 0 bridgehead atoms. The second-order valence-corrected chi connectivity index (χ2v) is 6.49. The first kappa shape index (κ1) is 15.3. The molecule has 0 saturated carbocycles. The van der Waals surface area contributed by atoms with Gasteiger partial charge in [0.1, 0.15) is 0 Å². The third kappa shape index (κ3) is 3.30. The molecule has 4 heteroatoms. The van der Waals surface area contributed by atoms with Gasteiger partial charge in [-0.3, -0.25) is 4.79 Å². The number of aryl methyl sites for hydroxylation is 3. The van der Waals surface area contributed by atoms with E-state index in [1.165, 1.54) is 0 Å². The third-order valence-electron chi connectivity index (χ3n) is 3.11. The summed E-state index contributed by atoms with van der Waals surface area (Å²) in [6.07, 6.45) is 0. The summed E-state index contributed by atoms with van der Waals surface area (Å²) in [4.78, 5) is 12.2. The lowest BCUT2D eigenvalue weighted by Gasteiger charge is -2.10. The molecule has 0 aliphatic heterocycles. The SMILES string of the molecule is Cc1cc(C(=O)Nc2cc(C)c(Br)c(C)c2)ccc1Br. The Labute approximate surface area is 135 Å². The average Bonchev–Trinajstić information content (AvgIpc) is 2.39. The van der Waals surface area contributed by atoms with Crippen LogP contribution in [0.2, 0.25) is 0 Å². The van der Waals surface area contributed by atoms with Gasteiger partial charge in [0, 0.05) is 20.2 Å².